The van der Waals surface area contributed by atoms with Gasteiger partial charge in [-0.15, -0.1) is 0 Å². The maximum absolute atomic E-state index is 13.7. The van der Waals surface area contributed by atoms with Crippen LogP contribution in [0.15, 0.2) is 18.2 Å². The van der Waals surface area contributed by atoms with Gasteiger partial charge in [-0.2, -0.15) is 0 Å². The lowest BCUT2D eigenvalue weighted by Gasteiger charge is -2.25. The van der Waals surface area contributed by atoms with Gasteiger partial charge in [0, 0.05) is 5.56 Å². The predicted octanol–water partition coefficient (Wildman–Crippen LogP) is 3.43. The molecule has 1 aromatic rings. The molecule has 1 atom stereocenters. The van der Waals surface area contributed by atoms with Crippen molar-refractivity contribution in [3.63, 3.8) is 0 Å². The SMILES string of the molecule is CCNC(COC(C)(C)C)c1cccc(F)c1F. The van der Waals surface area contributed by atoms with Crippen LogP contribution in [0.25, 0.3) is 0 Å². The van der Waals surface area contributed by atoms with Crippen molar-refractivity contribution in [3.8, 4) is 0 Å². The van der Waals surface area contributed by atoms with E-state index >= 15 is 0 Å². The second-order valence-corrected chi connectivity index (χ2v) is 5.18. The largest absolute Gasteiger partial charge is 0.374 e. The van der Waals surface area contributed by atoms with Crippen molar-refractivity contribution in [1.29, 1.82) is 0 Å². The normalized spacial score (nSPS) is 13.7. The molecule has 0 amide bonds. The molecule has 0 saturated carbocycles. The number of rotatable bonds is 5. The Balaban J connectivity index is 2.87. The number of nitrogens with one attached hydrogen (secondary N) is 1. The Kier molecular flexibility index (Phi) is 5.23. The van der Waals surface area contributed by atoms with Crippen LogP contribution in [0.5, 0.6) is 0 Å². The number of ether oxygens (including phenoxy) is 1. The lowest BCUT2D eigenvalue weighted by atomic mass is 10.1. The molecule has 0 radical (unpaired) electrons. The van der Waals surface area contributed by atoms with E-state index in [-0.39, 0.29) is 11.6 Å². The van der Waals surface area contributed by atoms with Gasteiger partial charge >= 0.3 is 0 Å². The van der Waals surface area contributed by atoms with E-state index in [1.165, 1.54) is 6.07 Å². The number of benzene rings is 1. The maximum Gasteiger partial charge on any atom is 0.163 e. The third-order valence-corrected chi connectivity index (χ3v) is 2.49. The van der Waals surface area contributed by atoms with E-state index in [9.17, 15) is 8.78 Å². The van der Waals surface area contributed by atoms with E-state index in [4.69, 9.17) is 4.74 Å². The van der Waals surface area contributed by atoms with Crippen molar-refractivity contribution < 1.29 is 13.5 Å². The van der Waals surface area contributed by atoms with Gasteiger partial charge in [-0.25, -0.2) is 8.78 Å². The molecular formula is C14H21F2NO. The summed E-state index contributed by atoms with van der Waals surface area (Å²) in [6, 6.07) is 3.87. The van der Waals surface area contributed by atoms with E-state index in [1.807, 2.05) is 27.7 Å². The Hall–Kier alpha value is -1.00. The van der Waals surface area contributed by atoms with E-state index < -0.39 is 11.6 Å². The molecule has 18 heavy (non-hydrogen) atoms. The Morgan fingerprint density at radius 2 is 1.94 bits per heavy atom. The van der Waals surface area contributed by atoms with Crippen molar-refractivity contribution in [2.45, 2.75) is 39.3 Å². The third kappa shape index (κ3) is 4.35. The summed E-state index contributed by atoms with van der Waals surface area (Å²) in [7, 11) is 0. The van der Waals surface area contributed by atoms with Crippen molar-refractivity contribution in [3.05, 3.63) is 35.4 Å². The van der Waals surface area contributed by atoms with Gasteiger partial charge in [0.15, 0.2) is 11.6 Å². The van der Waals surface area contributed by atoms with Gasteiger partial charge in [0.2, 0.25) is 0 Å². The smallest absolute Gasteiger partial charge is 0.163 e. The Morgan fingerprint density at radius 3 is 2.50 bits per heavy atom. The van der Waals surface area contributed by atoms with E-state index in [1.54, 1.807) is 6.07 Å². The fraction of sp³-hybridized carbons (Fsp3) is 0.571. The summed E-state index contributed by atoms with van der Waals surface area (Å²) in [5.74, 6) is -1.63. The zero-order valence-corrected chi connectivity index (χ0v) is 11.4. The van der Waals surface area contributed by atoms with Gasteiger partial charge in [-0.3, -0.25) is 0 Å². The Bertz CT molecular complexity index is 388. The van der Waals surface area contributed by atoms with Gasteiger partial charge in [-0.1, -0.05) is 19.1 Å². The highest BCUT2D eigenvalue weighted by atomic mass is 19.2. The van der Waals surface area contributed by atoms with E-state index in [0.717, 1.165) is 6.07 Å². The summed E-state index contributed by atoms with van der Waals surface area (Å²) in [4.78, 5) is 0. The lowest BCUT2D eigenvalue weighted by Crippen LogP contribution is -2.31. The van der Waals surface area contributed by atoms with Crippen molar-refractivity contribution >= 4 is 0 Å². The molecule has 0 bridgehead atoms. The summed E-state index contributed by atoms with van der Waals surface area (Å²) in [5, 5.41) is 3.11. The highest BCUT2D eigenvalue weighted by Gasteiger charge is 2.20. The van der Waals surface area contributed by atoms with Crippen LogP contribution in [-0.2, 0) is 4.74 Å². The molecule has 0 saturated heterocycles. The summed E-state index contributed by atoms with van der Waals surface area (Å²) < 4.78 is 32.6. The highest BCUT2D eigenvalue weighted by Crippen LogP contribution is 2.21. The van der Waals surface area contributed by atoms with Gasteiger partial charge < -0.3 is 10.1 Å². The summed E-state index contributed by atoms with van der Waals surface area (Å²) >= 11 is 0. The zero-order chi connectivity index (χ0) is 13.8. The molecule has 1 N–H and O–H groups in total. The number of halogens is 2. The van der Waals surface area contributed by atoms with Crippen LogP contribution in [0, 0.1) is 11.6 Å². The van der Waals surface area contributed by atoms with E-state index in [2.05, 4.69) is 5.32 Å². The molecule has 0 aliphatic carbocycles. The molecule has 0 spiro atoms. The standard InChI is InChI=1S/C14H21F2NO/c1-5-17-12(9-18-14(2,3)4)10-7-6-8-11(15)13(10)16/h6-8,12,17H,5,9H2,1-4H3. The van der Waals surface area contributed by atoms with Crippen LogP contribution in [0.4, 0.5) is 8.78 Å². The molecule has 4 heteroatoms. The maximum atomic E-state index is 13.7. The summed E-state index contributed by atoms with van der Waals surface area (Å²) in [5.41, 5.74) is -0.00149. The summed E-state index contributed by atoms with van der Waals surface area (Å²) in [6.45, 7) is 8.67. The third-order valence-electron chi connectivity index (χ3n) is 2.49. The first kappa shape index (κ1) is 15.1. The quantitative estimate of drug-likeness (QED) is 0.872. The van der Waals surface area contributed by atoms with Crippen LogP contribution in [0.1, 0.15) is 39.3 Å². The van der Waals surface area contributed by atoms with Crippen molar-refractivity contribution in [1.82, 2.24) is 5.32 Å². The topological polar surface area (TPSA) is 21.3 Å². The molecule has 1 unspecified atom stereocenters. The van der Waals surface area contributed by atoms with Gasteiger partial charge in [-0.05, 0) is 33.4 Å². The minimum absolute atomic E-state index is 0.303. The molecule has 2 nitrogen and oxygen atoms in total. The number of likely N-dealkylation sites (N-methyl/N-ethyl adjacent to an activating group) is 1. The lowest BCUT2D eigenvalue weighted by molar-refractivity contribution is -0.0150. The molecular weight excluding hydrogens is 236 g/mol. The molecule has 0 aromatic heterocycles. The van der Waals surface area contributed by atoms with Gasteiger partial charge in [0.05, 0.1) is 18.2 Å². The minimum atomic E-state index is -0.828. The van der Waals surface area contributed by atoms with Gasteiger partial charge in [0.1, 0.15) is 0 Å². The monoisotopic (exact) mass is 257 g/mol. The molecule has 0 aliphatic rings. The van der Waals surface area contributed by atoms with Crippen LogP contribution in [0.2, 0.25) is 0 Å². The van der Waals surface area contributed by atoms with Crippen LogP contribution >= 0.6 is 0 Å². The summed E-state index contributed by atoms with van der Waals surface area (Å²) in [6.07, 6.45) is 0. The fourth-order valence-corrected chi connectivity index (χ4v) is 1.63. The zero-order valence-electron chi connectivity index (χ0n) is 11.4. The van der Waals surface area contributed by atoms with E-state index in [0.29, 0.717) is 18.7 Å². The van der Waals surface area contributed by atoms with Crippen molar-refractivity contribution in [2.24, 2.45) is 0 Å². The second-order valence-electron chi connectivity index (χ2n) is 5.18. The second kappa shape index (κ2) is 6.25. The molecule has 0 heterocycles. The molecule has 0 aliphatic heterocycles. The molecule has 102 valence electrons. The molecule has 1 rings (SSSR count). The fourth-order valence-electron chi connectivity index (χ4n) is 1.63. The van der Waals surface area contributed by atoms with Crippen LogP contribution < -0.4 is 5.32 Å². The average molecular weight is 257 g/mol. The first-order chi connectivity index (χ1) is 8.35. The average Bonchev–Trinajstić information content (AvgIpc) is 2.27. The van der Waals surface area contributed by atoms with Crippen LogP contribution in [-0.4, -0.2) is 18.8 Å². The van der Waals surface area contributed by atoms with Gasteiger partial charge in [0.25, 0.3) is 0 Å². The minimum Gasteiger partial charge on any atom is -0.374 e. The first-order valence-electron chi connectivity index (χ1n) is 6.16. The van der Waals surface area contributed by atoms with Crippen molar-refractivity contribution in [2.75, 3.05) is 13.2 Å². The highest BCUT2D eigenvalue weighted by molar-refractivity contribution is 5.22. The molecule has 1 aromatic carbocycles. The Morgan fingerprint density at radius 1 is 1.28 bits per heavy atom. The Labute approximate surface area is 107 Å². The number of hydrogen-bond donors (Lipinski definition) is 1. The first-order valence-corrected chi connectivity index (χ1v) is 6.16. The molecule has 0 fully saturated rings. The number of hydrogen-bond acceptors (Lipinski definition) is 2. The van der Waals surface area contributed by atoms with Crippen LogP contribution in [0.3, 0.4) is 0 Å². The predicted molar refractivity (Wildman–Crippen MR) is 68.5 cm³/mol.